The number of nitrogens with one attached hydrogen (secondary N) is 1. The van der Waals surface area contributed by atoms with E-state index in [2.05, 4.69) is 21.2 Å². The lowest BCUT2D eigenvalue weighted by molar-refractivity contribution is -0.141. The van der Waals surface area contributed by atoms with Gasteiger partial charge in [-0.25, -0.2) is 8.42 Å². The molecule has 2 amide bonds. The third kappa shape index (κ3) is 9.64. The minimum absolute atomic E-state index is 0.0719. The second-order valence-corrected chi connectivity index (χ2v) is 12.8. The van der Waals surface area contributed by atoms with E-state index in [4.69, 9.17) is 11.6 Å². The summed E-state index contributed by atoms with van der Waals surface area (Å²) in [4.78, 5) is 28.8. The maximum absolute atomic E-state index is 13.8. The van der Waals surface area contributed by atoms with Crippen molar-refractivity contribution < 1.29 is 18.0 Å². The predicted octanol–water partition coefficient (Wildman–Crippen LogP) is 5.82. The molecule has 0 radical (unpaired) electrons. The van der Waals surface area contributed by atoms with Crippen LogP contribution in [0.1, 0.15) is 37.3 Å². The zero-order valence-electron chi connectivity index (χ0n) is 22.7. The number of carbonyl (C=O) groups excluding carboxylic acids is 2. The summed E-state index contributed by atoms with van der Waals surface area (Å²) in [6.45, 7) is 2.85. The predicted molar refractivity (Wildman–Crippen MR) is 165 cm³/mol. The van der Waals surface area contributed by atoms with Crippen LogP contribution in [0.5, 0.6) is 0 Å². The molecular formula is C30H35BrClN3O4S. The molecule has 1 atom stereocenters. The van der Waals surface area contributed by atoms with Crippen LogP contribution >= 0.6 is 27.5 Å². The minimum atomic E-state index is -3.59. The Morgan fingerprint density at radius 3 is 2.20 bits per heavy atom. The van der Waals surface area contributed by atoms with E-state index in [-0.39, 0.29) is 37.7 Å². The molecule has 7 nitrogen and oxygen atoms in total. The SMILES string of the molecule is CCCNC(=O)[C@@H](Cc1ccccc1)N(Cc1ccc(Br)cc1)C(=O)CCCN(c1ccc(Cl)cc1)S(C)(=O)=O. The molecule has 0 aliphatic heterocycles. The van der Waals surface area contributed by atoms with Gasteiger partial charge in [-0.3, -0.25) is 13.9 Å². The molecule has 10 heteroatoms. The fourth-order valence-electron chi connectivity index (χ4n) is 4.32. The highest BCUT2D eigenvalue weighted by Crippen LogP contribution is 2.22. The first-order valence-corrected chi connectivity index (χ1v) is 16.2. The van der Waals surface area contributed by atoms with Crippen LogP contribution in [-0.2, 0) is 32.6 Å². The van der Waals surface area contributed by atoms with Crippen LogP contribution in [0.25, 0.3) is 0 Å². The second-order valence-electron chi connectivity index (χ2n) is 9.56. The van der Waals surface area contributed by atoms with Crippen LogP contribution in [0.15, 0.2) is 83.3 Å². The number of rotatable bonds is 14. The van der Waals surface area contributed by atoms with E-state index in [1.165, 1.54) is 4.31 Å². The van der Waals surface area contributed by atoms with Gasteiger partial charge in [-0.2, -0.15) is 0 Å². The Morgan fingerprint density at radius 1 is 0.950 bits per heavy atom. The van der Waals surface area contributed by atoms with Crippen molar-refractivity contribution in [3.05, 3.63) is 99.5 Å². The second kappa shape index (κ2) is 15.2. The molecule has 0 aliphatic rings. The van der Waals surface area contributed by atoms with Crippen molar-refractivity contribution in [2.24, 2.45) is 0 Å². The van der Waals surface area contributed by atoms with Gasteiger partial charge in [0, 0.05) is 42.0 Å². The van der Waals surface area contributed by atoms with Crippen LogP contribution in [0.3, 0.4) is 0 Å². The normalized spacial score (nSPS) is 12.0. The van der Waals surface area contributed by atoms with Crippen molar-refractivity contribution in [3.8, 4) is 0 Å². The van der Waals surface area contributed by atoms with E-state index in [1.807, 2.05) is 61.5 Å². The first-order chi connectivity index (χ1) is 19.1. The monoisotopic (exact) mass is 647 g/mol. The smallest absolute Gasteiger partial charge is 0.243 e. The minimum Gasteiger partial charge on any atom is -0.354 e. The molecule has 0 heterocycles. The molecule has 40 heavy (non-hydrogen) atoms. The van der Waals surface area contributed by atoms with Crippen LogP contribution in [0.4, 0.5) is 5.69 Å². The summed E-state index contributed by atoms with van der Waals surface area (Å²) in [5, 5.41) is 3.47. The highest BCUT2D eigenvalue weighted by Gasteiger charge is 2.30. The standard InChI is InChI=1S/C30H35BrClN3O4S/c1-3-19-33-30(37)28(21-23-8-5-4-6-9-23)34(22-24-11-13-25(31)14-12-24)29(36)10-7-20-35(40(2,38)39)27-17-15-26(32)16-18-27/h4-6,8-9,11-18,28H,3,7,10,19-22H2,1-2H3,(H,33,37)/t28-/m1/s1. The fraction of sp³-hybridized carbons (Fsp3) is 0.333. The maximum Gasteiger partial charge on any atom is 0.243 e. The number of sulfonamides is 1. The molecular weight excluding hydrogens is 614 g/mol. The lowest BCUT2D eigenvalue weighted by atomic mass is 10.0. The molecule has 0 bridgehead atoms. The van der Waals surface area contributed by atoms with Gasteiger partial charge in [0.15, 0.2) is 0 Å². The van der Waals surface area contributed by atoms with Gasteiger partial charge in [0.1, 0.15) is 6.04 Å². The summed E-state index contributed by atoms with van der Waals surface area (Å²) in [6.07, 6.45) is 2.62. The van der Waals surface area contributed by atoms with Crippen LogP contribution in [-0.4, -0.2) is 50.5 Å². The van der Waals surface area contributed by atoms with Gasteiger partial charge in [0.25, 0.3) is 0 Å². The average molecular weight is 649 g/mol. The number of carbonyl (C=O) groups is 2. The number of hydrogen-bond acceptors (Lipinski definition) is 4. The Morgan fingerprint density at radius 2 is 1.60 bits per heavy atom. The average Bonchev–Trinajstić information content (AvgIpc) is 2.93. The molecule has 3 aromatic rings. The maximum atomic E-state index is 13.8. The van der Waals surface area contributed by atoms with Crippen molar-refractivity contribution >= 4 is 55.1 Å². The summed E-state index contributed by atoms with van der Waals surface area (Å²) in [7, 11) is -3.59. The van der Waals surface area contributed by atoms with Gasteiger partial charge in [0.05, 0.1) is 11.9 Å². The van der Waals surface area contributed by atoms with Crippen molar-refractivity contribution in [3.63, 3.8) is 0 Å². The van der Waals surface area contributed by atoms with Gasteiger partial charge in [-0.15, -0.1) is 0 Å². The van der Waals surface area contributed by atoms with Crippen molar-refractivity contribution in [2.45, 2.75) is 45.2 Å². The van der Waals surface area contributed by atoms with Crippen molar-refractivity contribution in [1.82, 2.24) is 10.2 Å². The molecule has 0 aromatic heterocycles. The molecule has 1 N–H and O–H groups in total. The first-order valence-electron chi connectivity index (χ1n) is 13.2. The molecule has 0 aliphatic carbocycles. The Kier molecular flexibility index (Phi) is 12.0. The van der Waals surface area contributed by atoms with Crippen LogP contribution in [0.2, 0.25) is 5.02 Å². The Bertz CT molecular complexity index is 1350. The molecule has 3 aromatic carbocycles. The van der Waals surface area contributed by atoms with Gasteiger partial charge in [0.2, 0.25) is 21.8 Å². The number of amides is 2. The van der Waals surface area contributed by atoms with Crippen molar-refractivity contribution in [1.29, 1.82) is 0 Å². The molecule has 0 spiro atoms. The van der Waals surface area contributed by atoms with Crippen LogP contribution in [0, 0.1) is 0 Å². The summed E-state index contributed by atoms with van der Waals surface area (Å²) in [5.74, 6) is -0.435. The zero-order valence-corrected chi connectivity index (χ0v) is 25.9. The third-order valence-electron chi connectivity index (χ3n) is 6.35. The summed E-state index contributed by atoms with van der Waals surface area (Å²) in [5.41, 5.74) is 2.31. The Balaban J connectivity index is 1.85. The van der Waals surface area contributed by atoms with Crippen LogP contribution < -0.4 is 9.62 Å². The lowest BCUT2D eigenvalue weighted by Gasteiger charge is -2.32. The first kappa shape index (κ1) is 31.6. The molecule has 3 rings (SSSR count). The summed E-state index contributed by atoms with van der Waals surface area (Å²) < 4.78 is 27.3. The van der Waals surface area contributed by atoms with E-state index in [0.717, 1.165) is 28.3 Å². The van der Waals surface area contributed by atoms with Gasteiger partial charge in [-0.1, -0.05) is 76.9 Å². The van der Waals surface area contributed by atoms with Gasteiger partial charge < -0.3 is 10.2 Å². The molecule has 0 saturated heterocycles. The highest BCUT2D eigenvalue weighted by molar-refractivity contribution is 9.10. The van der Waals surface area contributed by atoms with E-state index in [9.17, 15) is 18.0 Å². The molecule has 0 fully saturated rings. The quantitative estimate of drug-likeness (QED) is 0.239. The number of hydrogen-bond donors (Lipinski definition) is 1. The molecule has 214 valence electrons. The van der Waals surface area contributed by atoms with E-state index in [0.29, 0.717) is 23.7 Å². The number of benzene rings is 3. The lowest BCUT2D eigenvalue weighted by Crippen LogP contribution is -2.50. The van der Waals surface area contributed by atoms with E-state index < -0.39 is 16.1 Å². The van der Waals surface area contributed by atoms with Crippen molar-refractivity contribution in [2.75, 3.05) is 23.7 Å². The fourth-order valence-corrected chi connectivity index (χ4v) is 5.67. The largest absolute Gasteiger partial charge is 0.354 e. The van der Waals surface area contributed by atoms with Gasteiger partial charge >= 0.3 is 0 Å². The van der Waals surface area contributed by atoms with E-state index >= 15 is 0 Å². The summed E-state index contributed by atoms with van der Waals surface area (Å²) >= 11 is 9.42. The number of anilines is 1. The summed E-state index contributed by atoms with van der Waals surface area (Å²) in [6, 6.07) is 23.1. The topological polar surface area (TPSA) is 86.8 Å². The molecule has 0 unspecified atom stereocenters. The third-order valence-corrected chi connectivity index (χ3v) is 8.33. The van der Waals surface area contributed by atoms with E-state index in [1.54, 1.807) is 29.2 Å². The Labute approximate surface area is 250 Å². The Hall–Kier alpha value is -2.88. The van der Waals surface area contributed by atoms with Gasteiger partial charge in [-0.05, 0) is 60.4 Å². The molecule has 0 saturated carbocycles. The zero-order chi connectivity index (χ0) is 29.1. The number of halogens is 2. The number of nitrogens with zero attached hydrogens (tertiary/aromatic N) is 2. The highest BCUT2D eigenvalue weighted by atomic mass is 79.9.